The molecule has 0 aliphatic carbocycles. The van der Waals surface area contributed by atoms with Crippen molar-refractivity contribution in [1.29, 1.82) is 5.26 Å². The molecule has 4 aromatic rings. The smallest absolute Gasteiger partial charge is 0.264 e. The van der Waals surface area contributed by atoms with Crippen molar-refractivity contribution in [2.75, 3.05) is 12.3 Å². The predicted molar refractivity (Wildman–Crippen MR) is 161 cm³/mol. The van der Waals surface area contributed by atoms with Crippen LogP contribution < -0.4 is 10.5 Å². The number of fused-ring (bicyclic) bond motifs is 1. The summed E-state index contributed by atoms with van der Waals surface area (Å²) < 4.78 is 8.02. The van der Waals surface area contributed by atoms with Crippen molar-refractivity contribution in [3.63, 3.8) is 0 Å². The Bertz CT molecular complexity index is 1610. The fraction of sp³-hybridized carbons (Fsp3) is 0.333. The minimum Gasteiger partial charge on any atom is -0.457 e. The molecule has 0 saturated carbocycles. The lowest BCUT2D eigenvalue weighted by molar-refractivity contribution is -0.127. The molecule has 3 heterocycles. The van der Waals surface area contributed by atoms with Crippen LogP contribution in [0.1, 0.15) is 40.5 Å². The first kappa shape index (κ1) is 27.9. The number of nitrogens with two attached hydrogens (primary N) is 1. The van der Waals surface area contributed by atoms with E-state index in [9.17, 15) is 10.1 Å². The number of aromatic nitrogens is 3. The van der Waals surface area contributed by atoms with Crippen LogP contribution in [0.25, 0.3) is 22.2 Å². The number of nitrogens with zero attached hydrogens (tertiary/aromatic N) is 5. The van der Waals surface area contributed by atoms with Crippen LogP contribution in [0.3, 0.4) is 0 Å². The number of amides is 1. The number of anilines is 1. The van der Waals surface area contributed by atoms with Crippen LogP contribution in [0, 0.1) is 22.7 Å². The summed E-state index contributed by atoms with van der Waals surface area (Å²) in [6.07, 6.45) is 7.06. The van der Waals surface area contributed by atoms with Crippen LogP contribution in [-0.4, -0.2) is 37.9 Å². The minimum atomic E-state index is -0.266. The maximum atomic E-state index is 13.6. The van der Waals surface area contributed by atoms with Gasteiger partial charge >= 0.3 is 0 Å². The Morgan fingerprint density at radius 3 is 2.54 bits per heavy atom. The van der Waals surface area contributed by atoms with Crippen LogP contribution >= 0.6 is 0 Å². The second kappa shape index (κ2) is 11.5. The van der Waals surface area contributed by atoms with E-state index in [1.54, 1.807) is 0 Å². The summed E-state index contributed by atoms with van der Waals surface area (Å²) in [6.45, 7) is 9.47. The Morgan fingerprint density at radius 1 is 1.15 bits per heavy atom. The van der Waals surface area contributed by atoms with Crippen molar-refractivity contribution in [2.24, 2.45) is 11.3 Å². The highest BCUT2D eigenvalue weighted by Gasteiger charge is 2.33. The second-order valence-electron chi connectivity index (χ2n) is 11.5. The molecule has 1 fully saturated rings. The number of rotatable bonds is 8. The molecule has 0 bridgehead atoms. The lowest BCUT2D eigenvalue weighted by atomic mass is 9.79. The van der Waals surface area contributed by atoms with Gasteiger partial charge in [0.05, 0.1) is 11.4 Å². The van der Waals surface area contributed by atoms with Gasteiger partial charge in [0, 0.05) is 24.8 Å². The van der Waals surface area contributed by atoms with Crippen LogP contribution in [0.5, 0.6) is 11.5 Å². The average molecular weight is 549 g/mol. The van der Waals surface area contributed by atoms with Gasteiger partial charge in [-0.25, -0.2) is 9.97 Å². The number of nitrogen functional groups attached to an aromatic ring is 1. The third-order valence-corrected chi connectivity index (χ3v) is 8.23. The van der Waals surface area contributed by atoms with Gasteiger partial charge < -0.3 is 19.9 Å². The predicted octanol–water partition coefficient (Wildman–Crippen LogP) is 6.60. The van der Waals surface area contributed by atoms with Gasteiger partial charge in [0.1, 0.15) is 40.9 Å². The van der Waals surface area contributed by atoms with Gasteiger partial charge in [0.25, 0.3) is 5.91 Å². The lowest BCUT2D eigenvalue weighted by Crippen LogP contribution is -2.39. The number of para-hydroxylation sites is 1. The molecule has 0 radical (unpaired) electrons. The highest BCUT2D eigenvalue weighted by molar-refractivity contribution is 6.01. The van der Waals surface area contributed by atoms with Crippen molar-refractivity contribution >= 4 is 22.8 Å². The number of hydrogen-bond donors (Lipinski definition) is 1. The van der Waals surface area contributed by atoms with Gasteiger partial charge in [0.15, 0.2) is 0 Å². The molecule has 2 aromatic carbocycles. The highest BCUT2D eigenvalue weighted by Crippen LogP contribution is 2.35. The van der Waals surface area contributed by atoms with E-state index < -0.39 is 0 Å². The minimum absolute atomic E-state index is 0.0669. The van der Waals surface area contributed by atoms with Crippen molar-refractivity contribution < 1.29 is 9.53 Å². The van der Waals surface area contributed by atoms with E-state index in [2.05, 4.69) is 48.3 Å². The standard InChI is InChI=1S/C33H36N6O2/c1-22(2)33(3,4)17-24(18-34)32(40)39-16-8-9-25(39)19-38-20-28(29-30(35)36-21-37-31(29)38)23-12-14-27(15-13-23)41-26-10-6-5-7-11-26/h5-7,10-15,17,20-22,25H,8-9,16,19H2,1-4H3,(H2,35,36,37)/b24-17+/t25-/m0/s1. The molecular formula is C33H36N6O2. The number of nitriles is 1. The summed E-state index contributed by atoms with van der Waals surface area (Å²) in [7, 11) is 0. The van der Waals surface area contributed by atoms with E-state index in [1.165, 1.54) is 6.33 Å². The van der Waals surface area contributed by atoms with Gasteiger partial charge in [-0.2, -0.15) is 5.26 Å². The molecule has 1 aliphatic heterocycles. The third-order valence-electron chi connectivity index (χ3n) is 8.23. The van der Waals surface area contributed by atoms with Crippen molar-refractivity contribution in [3.8, 4) is 28.7 Å². The van der Waals surface area contributed by atoms with Crippen LogP contribution in [-0.2, 0) is 11.3 Å². The number of allylic oxidation sites excluding steroid dienone is 1. The summed E-state index contributed by atoms with van der Waals surface area (Å²) in [5.41, 5.74) is 8.90. The van der Waals surface area contributed by atoms with Gasteiger partial charge in [-0.15, -0.1) is 0 Å². The highest BCUT2D eigenvalue weighted by atomic mass is 16.5. The van der Waals surface area contributed by atoms with E-state index >= 15 is 0 Å². The van der Waals surface area contributed by atoms with Crippen LogP contribution in [0.2, 0.25) is 0 Å². The number of ether oxygens (including phenoxy) is 1. The van der Waals surface area contributed by atoms with E-state index in [-0.39, 0.29) is 22.9 Å². The van der Waals surface area contributed by atoms with E-state index in [0.717, 1.165) is 40.9 Å². The summed E-state index contributed by atoms with van der Waals surface area (Å²) in [5.74, 6) is 1.99. The molecule has 0 unspecified atom stereocenters. The maximum Gasteiger partial charge on any atom is 0.264 e. The molecular weight excluding hydrogens is 512 g/mol. The lowest BCUT2D eigenvalue weighted by Gasteiger charge is -2.28. The topological polar surface area (TPSA) is 110 Å². The SMILES string of the molecule is CC(C)C(C)(C)/C=C(\C#N)C(=O)N1CCC[C@H]1Cn1cc(-c2ccc(Oc3ccccc3)cc2)c2c(N)ncnc21. The van der Waals surface area contributed by atoms with Gasteiger partial charge in [-0.1, -0.05) is 64.1 Å². The Hall–Kier alpha value is -4.64. The fourth-order valence-corrected chi connectivity index (χ4v) is 5.19. The maximum absolute atomic E-state index is 13.6. The zero-order valence-electron chi connectivity index (χ0n) is 24.0. The van der Waals surface area contributed by atoms with Gasteiger partial charge in [0.2, 0.25) is 0 Å². The molecule has 0 spiro atoms. The Balaban J connectivity index is 1.43. The molecule has 2 N–H and O–H groups in total. The normalized spacial score (nSPS) is 15.9. The number of hydrogen-bond acceptors (Lipinski definition) is 6. The molecule has 210 valence electrons. The number of carbonyl (C=O) groups is 1. The van der Waals surface area contributed by atoms with Gasteiger partial charge in [-0.05, 0) is 54.0 Å². The average Bonchev–Trinajstić information content (AvgIpc) is 3.58. The molecule has 1 saturated heterocycles. The zero-order valence-corrected chi connectivity index (χ0v) is 24.0. The first-order valence-electron chi connectivity index (χ1n) is 14.0. The molecule has 5 rings (SSSR count). The van der Waals surface area contributed by atoms with E-state index in [0.29, 0.717) is 30.5 Å². The largest absolute Gasteiger partial charge is 0.457 e. The molecule has 41 heavy (non-hydrogen) atoms. The van der Waals surface area contributed by atoms with E-state index in [1.807, 2.05) is 71.8 Å². The zero-order chi connectivity index (χ0) is 29.1. The van der Waals surface area contributed by atoms with Crippen molar-refractivity contribution in [3.05, 3.63) is 78.8 Å². The van der Waals surface area contributed by atoms with Crippen LogP contribution in [0.15, 0.2) is 78.8 Å². The summed E-state index contributed by atoms with van der Waals surface area (Å²) in [4.78, 5) is 24.2. The number of benzene rings is 2. The summed E-state index contributed by atoms with van der Waals surface area (Å²) in [5, 5.41) is 10.6. The first-order valence-corrected chi connectivity index (χ1v) is 14.0. The summed E-state index contributed by atoms with van der Waals surface area (Å²) >= 11 is 0. The number of likely N-dealkylation sites (tertiary alicyclic amines) is 1. The third kappa shape index (κ3) is 5.80. The van der Waals surface area contributed by atoms with Crippen LogP contribution in [0.4, 0.5) is 5.82 Å². The second-order valence-corrected chi connectivity index (χ2v) is 11.5. The fourth-order valence-electron chi connectivity index (χ4n) is 5.19. The molecule has 8 heteroatoms. The molecule has 8 nitrogen and oxygen atoms in total. The number of carbonyl (C=O) groups excluding carboxylic acids is 1. The molecule has 1 aliphatic rings. The molecule has 2 aromatic heterocycles. The quantitative estimate of drug-likeness (QED) is 0.196. The monoisotopic (exact) mass is 548 g/mol. The first-order chi connectivity index (χ1) is 19.7. The Kier molecular flexibility index (Phi) is 7.80. The van der Waals surface area contributed by atoms with Gasteiger partial charge in [-0.3, -0.25) is 4.79 Å². The van der Waals surface area contributed by atoms with E-state index in [4.69, 9.17) is 10.5 Å². The Labute approximate surface area is 241 Å². The Morgan fingerprint density at radius 2 is 1.85 bits per heavy atom. The van der Waals surface area contributed by atoms with Crippen molar-refractivity contribution in [1.82, 2.24) is 19.4 Å². The molecule has 1 atom stereocenters. The molecule has 1 amide bonds. The summed E-state index contributed by atoms with van der Waals surface area (Å²) in [6, 6.07) is 19.6. The van der Waals surface area contributed by atoms with Crippen molar-refractivity contribution in [2.45, 2.75) is 53.1 Å².